The van der Waals surface area contributed by atoms with Crippen LogP contribution in [0.3, 0.4) is 0 Å². The first-order valence-electron chi connectivity index (χ1n) is 5.70. The summed E-state index contributed by atoms with van der Waals surface area (Å²) in [5, 5.41) is 11.5. The van der Waals surface area contributed by atoms with Crippen molar-refractivity contribution in [2.45, 2.75) is 33.2 Å². The second-order valence-electron chi connectivity index (χ2n) is 4.85. The molecule has 0 aromatic rings. The number of urea groups is 1. The molecule has 0 aliphatic carbocycles. The quantitative estimate of drug-likeness (QED) is 0.761. The van der Waals surface area contributed by atoms with Crippen LogP contribution in [0.1, 0.15) is 27.2 Å². The minimum absolute atomic E-state index is 0.110. The number of carboxylic acid groups (broad SMARTS) is 1. The molecule has 1 unspecified atom stereocenters. The molecule has 1 aliphatic rings. The number of hydrogen-bond acceptors (Lipinski definition) is 2. The number of amides is 2. The van der Waals surface area contributed by atoms with Gasteiger partial charge in [0.1, 0.15) is 6.04 Å². The van der Waals surface area contributed by atoms with Crippen LogP contribution in [-0.2, 0) is 4.79 Å². The fourth-order valence-corrected chi connectivity index (χ4v) is 1.86. The summed E-state index contributed by atoms with van der Waals surface area (Å²) in [4.78, 5) is 24.4. The third-order valence-electron chi connectivity index (χ3n) is 2.92. The van der Waals surface area contributed by atoms with E-state index in [9.17, 15) is 9.59 Å². The molecule has 0 saturated carbocycles. The number of likely N-dealkylation sites (tertiary alicyclic amines) is 1. The number of carboxylic acids is 1. The number of carbonyl (C=O) groups excluding carboxylic acids is 1. The zero-order valence-corrected chi connectivity index (χ0v) is 10.1. The van der Waals surface area contributed by atoms with Crippen molar-refractivity contribution in [2.24, 2.45) is 11.8 Å². The van der Waals surface area contributed by atoms with E-state index in [1.54, 1.807) is 18.7 Å². The lowest BCUT2D eigenvalue weighted by molar-refractivity contribution is -0.140. The van der Waals surface area contributed by atoms with Crippen molar-refractivity contribution in [1.29, 1.82) is 0 Å². The predicted molar refractivity (Wildman–Crippen MR) is 60.1 cm³/mol. The minimum Gasteiger partial charge on any atom is -0.480 e. The molecule has 16 heavy (non-hydrogen) atoms. The number of aliphatic carboxylic acids is 1. The molecule has 1 aliphatic heterocycles. The van der Waals surface area contributed by atoms with E-state index < -0.39 is 12.0 Å². The van der Waals surface area contributed by atoms with Gasteiger partial charge in [-0.25, -0.2) is 9.59 Å². The smallest absolute Gasteiger partial charge is 0.326 e. The Balaban J connectivity index is 2.52. The van der Waals surface area contributed by atoms with Gasteiger partial charge in [0.25, 0.3) is 0 Å². The Morgan fingerprint density at radius 2 is 2.06 bits per heavy atom. The van der Waals surface area contributed by atoms with Crippen molar-refractivity contribution in [3.8, 4) is 0 Å². The van der Waals surface area contributed by atoms with Crippen LogP contribution in [0.5, 0.6) is 0 Å². The van der Waals surface area contributed by atoms with E-state index in [4.69, 9.17) is 5.11 Å². The Bertz CT molecular complexity index is 278. The molecule has 0 aromatic heterocycles. The molecule has 5 nitrogen and oxygen atoms in total. The maximum Gasteiger partial charge on any atom is 0.326 e. The molecule has 1 saturated heterocycles. The summed E-state index contributed by atoms with van der Waals surface area (Å²) in [5.74, 6) is -0.579. The number of hydrogen-bond donors (Lipinski definition) is 2. The van der Waals surface area contributed by atoms with Crippen molar-refractivity contribution >= 4 is 12.0 Å². The summed E-state index contributed by atoms with van der Waals surface area (Å²) >= 11 is 0. The van der Waals surface area contributed by atoms with Gasteiger partial charge in [-0.15, -0.1) is 0 Å². The Labute approximate surface area is 95.8 Å². The average Bonchev–Trinajstić information content (AvgIpc) is 2.59. The maximum atomic E-state index is 11.8. The molecule has 0 bridgehead atoms. The van der Waals surface area contributed by atoms with Crippen LogP contribution in [0.15, 0.2) is 0 Å². The lowest BCUT2D eigenvalue weighted by Gasteiger charge is -2.22. The average molecular weight is 228 g/mol. The number of carbonyl (C=O) groups is 2. The van der Waals surface area contributed by atoms with Crippen molar-refractivity contribution < 1.29 is 14.7 Å². The Hall–Kier alpha value is -1.26. The van der Waals surface area contributed by atoms with Gasteiger partial charge < -0.3 is 15.3 Å². The van der Waals surface area contributed by atoms with Crippen LogP contribution < -0.4 is 5.32 Å². The van der Waals surface area contributed by atoms with E-state index in [-0.39, 0.29) is 11.9 Å². The van der Waals surface area contributed by atoms with E-state index in [1.165, 1.54) is 0 Å². The summed E-state index contributed by atoms with van der Waals surface area (Å²) in [6.45, 7) is 7.09. The van der Waals surface area contributed by atoms with E-state index >= 15 is 0 Å². The van der Waals surface area contributed by atoms with E-state index in [0.717, 1.165) is 19.5 Å². The Morgan fingerprint density at radius 1 is 1.44 bits per heavy atom. The highest BCUT2D eigenvalue weighted by Crippen LogP contribution is 2.15. The van der Waals surface area contributed by atoms with Gasteiger partial charge in [0.15, 0.2) is 0 Å². The SMILES string of the molecule is CC1CCN(C(=O)N[C@@H](C(=O)O)C(C)C)C1. The molecule has 1 fully saturated rings. The van der Waals surface area contributed by atoms with Gasteiger partial charge >= 0.3 is 12.0 Å². The summed E-state index contributed by atoms with van der Waals surface area (Å²) < 4.78 is 0. The number of nitrogens with one attached hydrogen (secondary N) is 1. The van der Waals surface area contributed by atoms with Crippen LogP contribution in [-0.4, -0.2) is 41.1 Å². The molecular weight excluding hydrogens is 208 g/mol. The van der Waals surface area contributed by atoms with Crippen molar-refractivity contribution in [1.82, 2.24) is 10.2 Å². The molecule has 2 atom stereocenters. The van der Waals surface area contributed by atoms with E-state index in [2.05, 4.69) is 12.2 Å². The lowest BCUT2D eigenvalue weighted by atomic mass is 10.1. The van der Waals surface area contributed by atoms with Crippen LogP contribution >= 0.6 is 0 Å². The molecular formula is C11H20N2O3. The summed E-state index contributed by atoms with van der Waals surface area (Å²) in [6, 6.07) is -1.06. The highest BCUT2D eigenvalue weighted by molar-refractivity contribution is 5.82. The first-order valence-corrected chi connectivity index (χ1v) is 5.70. The molecule has 92 valence electrons. The fraction of sp³-hybridized carbons (Fsp3) is 0.818. The zero-order chi connectivity index (χ0) is 12.3. The van der Waals surface area contributed by atoms with Gasteiger partial charge in [0, 0.05) is 13.1 Å². The Morgan fingerprint density at radius 3 is 2.44 bits per heavy atom. The van der Waals surface area contributed by atoms with Gasteiger partial charge in [-0.05, 0) is 18.3 Å². The Kier molecular flexibility index (Phi) is 4.15. The van der Waals surface area contributed by atoms with Crippen molar-refractivity contribution in [3.05, 3.63) is 0 Å². The molecule has 2 amide bonds. The van der Waals surface area contributed by atoms with Gasteiger partial charge in [0.2, 0.25) is 0 Å². The molecule has 1 rings (SSSR count). The van der Waals surface area contributed by atoms with Crippen LogP contribution in [0.25, 0.3) is 0 Å². The second-order valence-corrected chi connectivity index (χ2v) is 4.85. The van der Waals surface area contributed by atoms with Crippen LogP contribution in [0, 0.1) is 11.8 Å². The first kappa shape index (κ1) is 12.8. The first-order chi connectivity index (χ1) is 7.41. The normalized spacial score (nSPS) is 22.2. The van der Waals surface area contributed by atoms with Gasteiger partial charge in [-0.2, -0.15) is 0 Å². The molecule has 0 spiro atoms. The molecule has 1 heterocycles. The van der Waals surface area contributed by atoms with Gasteiger partial charge in [-0.1, -0.05) is 20.8 Å². The van der Waals surface area contributed by atoms with Gasteiger partial charge in [0.05, 0.1) is 0 Å². The molecule has 0 aromatic carbocycles. The zero-order valence-electron chi connectivity index (χ0n) is 10.1. The molecule has 5 heteroatoms. The predicted octanol–water partition coefficient (Wildman–Crippen LogP) is 1.15. The third-order valence-corrected chi connectivity index (χ3v) is 2.92. The third kappa shape index (κ3) is 3.12. The summed E-state index contributed by atoms with van der Waals surface area (Å²) in [5.41, 5.74) is 0. The topological polar surface area (TPSA) is 69.6 Å². The minimum atomic E-state index is -0.976. The van der Waals surface area contributed by atoms with E-state index in [0.29, 0.717) is 5.92 Å². The molecule has 2 N–H and O–H groups in total. The highest BCUT2D eigenvalue weighted by atomic mass is 16.4. The van der Waals surface area contributed by atoms with Crippen molar-refractivity contribution in [3.63, 3.8) is 0 Å². The largest absolute Gasteiger partial charge is 0.480 e. The molecule has 0 radical (unpaired) electrons. The second kappa shape index (κ2) is 5.18. The summed E-state index contributed by atoms with van der Waals surface area (Å²) in [6.07, 6.45) is 0.993. The monoisotopic (exact) mass is 228 g/mol. The lowest BCUT2D eigenvalue weighted by Crippen LogP contribution is -2.49. The van der Waals surface area contributed by atoms with Crippen LogP contribution in [0.2, 0.25) is 0 Å². The highest BCUT2D eigenvalue weighted by Gasteiger charge is 2.28. The summed E-state index contributed by atoms with van der Waals surface area (Å²) in [7, 11) is 0. The van der Waals surface area contributed by atoms with Crippen LogP contribution in [0.4, 0.5) is 4.79 Å². The standard InChI is InChI=1S/C11H20N2O3/c1-7(2)9(10(14)15)12-11(16)13-5-4-8(3)6-13/h7-9H,4-6H2,1-3H3,(H,12,16)(H,14,15)/t8?,9-/m1/s1. The number of nitrogens with zero attached hydrogens (tertiary/aromatic N) is 1. The van der Waals surface area contributed by atoms with E-state index in [1.807, 2.05) is 0 Å². The van der Waals surface area contributed by atoms with Gasteiger partial charge in [-0.3, -0.25) is 0 Å². The fourth-order valence-electron chi connectivity index (χ4n) is 1.86. The van der Waals surface area contributed by atoms with Crippen molar-refractivity contribution in [2.75, 3.05) is 13.1 Å². The number of rotatable bonds is 3. The maximum absolute atomic E-state index is 11.8.